The standard InChI is InChI=1S/C20H26N4O2/c1-15-4-5-18(10-16(15)2)24-13-17(11-21-24)12-23-8-6-20(7-9-23)14-22(3)19(25)26-20/h4-5,10-11,13H,6-9,12,14H2,1-3H3. The third-order valence-electron chi connectivity index (χ3n) is 5.71. The van der Waals surface area contributed by atoms with Crippen LogP contribution in [0, 0.1) is 13.8 Å². The molecule has 0 radical (unpaired) electrons. The first-order valence-electron chi connectivity index (χ1n) is 9.22. The van der Waals surface area contributed by atoms with E-state index in [1.807, 2.05) is 17.9 Å². The largest absolute Gasteiger partial charge is 0.441 e. The summed E-state index contributed by atoms with van der Waals surface area (Å²) in [5.74, 6) is 0. The second-order valence-corrected chi connectivity index (χ2v) is 7.74. The lowest BCUT2D eigenvalue weighted by atomic mass is 9.91. The highest BCUT2D eigenvalue weighted by Crippen LogP contribution is 2.32. The molecule has 0 bridgehead atoms. The van der Waals surface area contributed by atoms with Crippen molar-refractivity contribution < 1.29 is 9.53 Å². The Morgan fingerprint density at radius 3 is 2.62 bits per heavy atom. The summed E-state index contributed by atoms with van der Waals surface area (Å²) in [7, 11) is 1.81. The minimum Gasteiger partial charge on any atom is -0.441 e. The van der Waals surface area contributed by atoms with Gasteiger partial charge in [-0.15, -0.1) is 0 Å². The van der Waals surface area contributed by atoms with E-state index in [0.717, 1.165) is 38.2 Å². The second kappa shape index (κ2) is 6.43. The zero-order chi connectivity index (χ0) is 18.3. The molecule has 1 aromatic carbocycles. The van der Waals surface area contributed by atoms with Gasteiger partial charge in [0, 0.05) is 51.3 Å². The number of aromatic nitrogens is 2. The molecule has 2 saturated heterocycles. The maximum Gasteiger partial charge on any atom is 0.410 e. The molecule has 138 valence electrons. The van der Waals surface area contributed by atoms with Crippen molar-refractivity contribution in [2.24, 2.45) is 0 Å². The number of amides is 1. The van der Waals surface area contributed by atoms with Crippen LogP contribution in [0.2, 0.25) is 0 Å². The zero-order valence-corrected chi connectivity index (χ0v) is 15.7. The number of ether oxygens (including phenoxy) is 1. The van der Waals surface area contributed by atoms with Crippen LogP contribution in [0.4, 0.5) is 4.79 Å². The van der Waals surface area contributed by atoms with Gasteiger partial charge in [0.2, 0.25) is 0 Å². The predicted octanol–water partition coefficient (Wildman–Crippen LogP) is 2.91. The highest BCUT2D eigenvalue weighted by molar-refractivity contribution is 5.70. The molecule has 0 saturated carbocycles. The molecule has 6 nitrogen and oxygen atoms in total. The van der Waals surface area contributed by atoms with Crippen LogP contribution in [-0.4, -0.2) is 58.0 Å². The summed E-state index contributed by atoms with van der Waals surface area (Å²) in [5, 5.41) is 4.53. The summed E-state index contributed by atoms with van der Waals surface area (Å²) in [6, 6.07) is 6.41. The molecule has 2 aromatic rings. The Hall–Kier alpha value is -2.34. The summed E-state index contributed by atoms with van der Waals surface area (Å²) in [6.45, 7) is 7.72. The lowest BCUT2D eigenvalue weighted by Gasteiger charge is -2.37. The number of likely N-dealkylation sites (N-methyl/N-ethyl adjacent to an activating group) is 1. The van der Waals surface area contributed by atoms with Crippen molar-refractivity contribution in [1.82, 2.24) is 19.6 Å². The van der Waals surface area contributed by atoms with Crippen molar-refractivity contribution in [3.63, 3.8) is 0 Å². The number of rotatable bonds is 3. The molecule has 2 aliphatic heterocycles. The molecule has 3 heterocycles. The average molecular weight is 354 g/mol. The van der Waals surface area contributed by atoms with Crippen molar-refractivity contribution in [2.45, 2.75) is 38.8 Å². The van der Waals surface area contributed by atoms with Crippen molar-refractivity contribution in [2.75, 3.05) is 26.7 Å². The number of hydrogen-bond donors (Lipinski definition) is 0. The first-order valence-corrected chi connectivity index (χ1v) is 9.22. The van der Waals surface area contributed by atoms with Gasteiger partial charge in [0.25, 0.3) is 0 Å². The normalized spacial score (nSPS) is 20.0. The molecule has 0 unspecified atom stereocenters. The number of piperidine rings is 1. The lowest BCUT2D eigenvalue weighted by Crippen LogP contribution is -2.46. The van der Waals surface area contributed by atoms with Crippen molar-refractivity contribution in [3.8, 4) is 5.69 Å². The molecule has 26 heavy (non-hydrogen) atoms. The topological polar surface area (TPSA) is 50.6 Å². The zero-order valence-electron chi connectivity index (χ0n) is 15.7. The number of nitrogens with zero attached hydrogens (tertiary/aromatic N) is 4. The SMILES string of the molecule is Cc1ccc(-n2cc(CN3CCC4(CC3)CN(C)C(=O)O4)cn2)cc1C. The smallest absolute Gasteiger partial charge is 0.410 e. The van der Waals surface area contributed by atoms with Gasteiger partial charge in [0.05, 0.1) is 18.4 Å². The Bertz CT molecular complexity index is 821. The molecule has 4 rings (SSSR count). The first-order chi connectivity index (χ1) is 12.4. The Morgan fingerprint density at radius 1 is 1.19 bits per heavy atom. The van der Waals surface area contributed by atoms with E-state index in [-0.39, 0.29) is 11.7 Å². The molecule has 1 amide bonds. The van der Waals surface area contributed by atoms with Gasteiger partial charge in [-0.2, -0.15) is 5.10 Å². The first kappa shape index (κ1) is 17.1. The molecule has 2 fully saturated rings. The van der Waals surface area contributed by atoms with Crippen LogP contribution in [0.3, 0.4) is 0 Å². The Morgan fingerprint density at radius 2 is 1.96 bits per heavy atom. The maximum atomic E-state index is 11.7. The summed E-state index contributed by atoms with van der Waals surface area (Å²) < 4.78 is 7.57. The summed E-state index contributed by atoms with van der Waals surface area (Å²) in [6.07, 6.45) is 5.66. The Kier molecular flexibility index (Phi) is 4.23. The van der Waals surface area contributed by atoms with Gasteiger partial charge >= 0.3 is 6.09 Å². The monoisotopic (exact) mass is 354 g/mol. The van der Waals surface area contributed by atoms with E-state index >= 15 is 0 Å². The van der Waals surface area contributed by atoms with Crippen LogP contribution in [-0.2, 0) is 11.3 Å². The number of hydrogen-bond acceptors (Lipinski definition) is 4. The molecule has 1 aromatic heterocycles. The van der Waals surface area contributed by atoms with Gasteiger partial charge in [0.1, 0.15) is 5.60 Å². The molecule has 2 aliphatic rings. The van der Waals surface area contributed by atoms with Crippen molar-refractivity contribution in [1.29, 1.82) is 0 Å². The average Bonchev–Trinajstić information content (AvgIpc) is 3.18. The van der Waals surface area contributed by atoms with E-state index in [2.05, 4.69) is 48.2 Å². The molecule has 0 N–H and O–H groups in total. The molecule has 0 atom stereocenters. The summed E-state index contributed by atoms with van der Waals surface area (Å²) >= 11 is 0. The van der Waals surface area contributed by atoms with E-state index in [0.29, 0.717) is 6.54 Å². The molecule has 0 aliphatic carbocycles. The third-order valence-corrected chi connectivity index (χ3v) is 5.71. The summed E-state index contributed by atoms with van der Waals surface area (Å²) in [5.41, 5.74) is 4.60. The highest BCUT2D eigenvalue weighted by Gasteiger charge is 2.45. The molecule has 1 spiro atoms. The number of benzene rings is 1. The predicted molar refractivity (Wildman–Crippen MR) is 99.4 cm³/mol. The Balaban J connectivity index is 1.38. The second-order valence-electron chi connectivity index (χ2n) is 7.74. The minimum absolute atomic E-state index is 0.187. The van der Waals surface area contributed by atoms with Gasteiger partial charge in [-0.05, 0) is 37.1 Å². The van der Waals surface area contributed by atoms with E-state index in [1.165, 1.54) is 16.7 Å². The lowest BCUT2D eigenvalue weighted by molar-refractivity contribution is -0.00119. The molecule has 6 heteroatoms. The quantitative estimate of drug-likeness (QED) is 0.850. The van der Waals surface area contributed by atoms with Crippen LogP contribution in [0.5, 0.6) is 0 Å². The molecular weight excluding hydrogens is 328 g/mol. The number of carbonyl (C=O) groups is 1. The van der Waals surface area contributed by atoms with Crippen LogP contribution < -0.4 is 0 Å². The number of likely N-dealkylation sites (tertiary alicyclic amines) is 1. The maximum absolute atomic E-state index is 11.7. The van der Waals surface area contributed by atoms with Gasteiger partial charge in [-0.3, -0.25) is 4.90 Å². The van der Waals surface area contributed by atoms with Crippen molar-refractivity contribution in [3.05, 3.63) is 47.3 Å². The van der Waals surface area contributed by atoms with Gasteiger partial charge in [-0.25, -0.2) is 9.48 Å². The van der Waals surface area contributed by atoms with Crippen LogP contribution in [0.15, 0.2) is 30.6 Å². The minimum atomic E-state index is -0.272. The van der Waals surface area contributed by atoms with Crippen LogP contribution in [0.25, 0.3) is 5.69 Å². The van der Waals surface area contributed by atoms with Gasteiger partial charge < -0.3 is 9.64 Å². The fourth-order valence-corrected chi connectivity index (χ4v) is 3.88. The van der Waals surface area contributed by atoms with Crippen LogP contribution >= 0.6 is 0 Å². The number of carbonyl (C=O) groups excluding carboxylic acids is 1. The highest BCUT2D eigenvalue weighted by atomic mass is 16.6. The van der Waals surface area contributed by atoms with Crippen molar-refractivity contribution >= 4 is 6.09 Å². The fourth-order valence-electron chi connectivity index (χ4n) is 3.88. The molecular formula is C20H26N4O2. The van der Waals surface area contributed by atoms with Gasteiger partial charge in [0.15, 0.2) is 0 Å². The van der Waals surface area contributed by atoms with E-state index in [9.17, 15) is 4.79 Å². The van der Waals surface area contributed by atoms with E-state index in [4.69, 9.17) is 4.74 Å². The summed E-state index contributed by atoms with van der Waals surface area (Å²) in [4.78, 5) is 15.8. The van der Waals surface area contributed by atoms with Gasteiger partial charge in [-0.1, -0.05) is 6.07 Å². The van der Waals surface area contributed by atoms with E-state index in [1.54, 1.807) is 4.90 Å². The fraction of sp³-hybridized carbons (Fsp3) is 0.500. The van der Waals surface area contributed by atoms with Crippen LogP contribution in [0.1, 0.15) is 29.5 Å². The Labute approximate surface area is 154 Å². The van der Waals surface area contributed by atoms with E-state index < -0.39 is 0 Å². The number of aryl methyl sites for hydroxylation is 2. The third kappa shape index (κ3) is 3.21.